The summed E-state index contributed by atoms with van der Waals surface area (Å²) >= 11 is 0. The Morgan fingerprint density at radius 2 is 1.92 bits per heavy atom. The van der Waals surface area contributed by atoms with Crippen LogP contribution in [0.1, 0.15) is 24.5 Å². The van der Waals surface area contributed by atoms with E-state index >= 15 is 0 Å². The molecule has 25 heavy (non-hydrogen) atoms. The van der Waals surface area contributed by atoms with Crippen molar-refractivity contribution in [3.8, 4) is 0 Å². The lowest BCUT2D eigenvalue weighted by molar-refractivity contribution is -0.115. The zero-order chi connectivity index (χ0) is 17.9. The second kappa shape index (κ2) is 7.27. The van der Waals surface area contributed by atoms with Gasteiger partial charge in [-0.1, -0.05) is 30.3 Å². The minimum absolute atomic E-state index is 0.0833. The number of carbonyl (C=O) groups excluding carboxylic acids is 1. The maximum atomic E-state index is 12.2. The molecule has 0 fully saturated rings. The van der Waals surface area contributed by atoms with E-state index in [2.05, 4.69) is 5.32 Å². The molecule has 0 unspecified atom stereocenters. The van der Waals surface area contributed by atoms with Crippen LogP contribution in [-0.2, 0) is 27.7 Å². The van der Waals surface area contributed by atoms with Crippen LogP contribution in [-0.4, -0.2) is 26.6 Å². The predicted octanol–water partition coefficient (Wildman–Crippen LogP) is 2.97. The van der Waals surface area contributed by atoms with Gasteiger partial charge in [-0.05, 0) is 49.1 Å². The van der Waals surface area contributed by atoms with Gasteiger partial charge in [-0.25, -0.2) is 8.42 Å². The molecule has 0 saturated carbocycles. The number of anilines is 2. The van der Waals surface area contributed by atoms with Gasteiger partial charge in [0.25, 0.3) is 0 Å². The first-order chi connectivity index (χ1) is 12.0. The fourth-order valence-corrected chi connectivity index (χ4v) is 4.27. The summed E-state index contributed by atoms with van der Waals surface area (Å²) in [6, 6.07) is 15.0. The van der Waals surface area contributed by atoms with Crippen LogP contribution in [0.15, 0.2) is 48.5 Å². The van der Waals surface area contributed by atoms with Gasteiger partial charge < -0.3 is 5.32 Å². The molecule has 1 aliphatic heterocycles. The van der Waals surface area contributed by atoms with E-state index < -0.39 is 10.0 Å². The van der Waals surface area contributed by atoms with E-state index in [0.29, 0.717) is 18.7 Å². The molecule has 1 heterocycles. The molecule has 5 nitrogen and oxygen atoms in total. The van der Waals surface area contributed by atoms with Gasteiger partial charge in [-0.15, -0.1) is 0 Å². The SMILES string of the molecule is CCS(=O)(=O)N1CCCc2cc(NC(=O)Cc3ccccc3)ccc21. The van der Waals surface area contributed by atoms with Crippen LogP contribution in [0.5, 0.6) is 0 Å². The average molecular weight is 358 g/mol. The molecular weight excluding hydrogens is 336 g/mol. The number of fused-ring (bicyclic) bond motifs is 1. The molecular formula is C19H22N2O3S. The fourth-order valence-electron chi connectivity index (χ4n) is 3.07. The molecule has 1 amide bonds. The number of hydrogen-bond acceptors (Lipinski definition) is 3. The van der Waals surface area contributed by atoms with Crippen LogP contribution < -0.4 is 9.62 Å². The molecule has 0 saturated heterocycles. The summed E-state index contributed by atoms with van der Waals surface area (Å²) < 4.78 is 26.0. The second-order valence-electron chi connectivity index (χ2n) is 6.13. The zero-order valence-electron chi connectivity index (χ0n) is 14.2. The third-order valence-electron chi connectivity index (χ3n) is 4.35. The third kappa shape index (κ3) is 4.02. The van der Waals surface area contributed by atoms with Crippen molar-refractivity contribution in [3.63, 3.8) is 0 Å². The molecule has 2 aromatic rings. The topological polar surface area (TPSA) is 66.5 Å². The minimum atomic E-state index is -3.27. The second-order valence-corrected chi connectivity index (χ2v) is 8.31. The van der Waals surface area contributed by atoms with Crippen molar-refractivity contribution < 1.29 is 13.2 Å². The highest BCUT2D eigenvalue weighted by atomic mass is 32.2. The van der Waals surface area contributed by atoms with Gasteiger partial charge in [0, 0.05) is 12.2 Å². The van der Waals surface area contributed by atoms with Crippen LogP contribution in [0, 0.1) is 0 Å². The van der Waals surface area contributed by atoms with Gasteiger partial charge in [0.15, 0.2) is 0 Å². The van der Waals surface area contributed by atoms with E-state index in [-0.39, 0.29) is 11.7 Å². The Morgan fingerprint density at radius 1 is 1.16 bits per heavy atom. The molecule has 0 bridgehead atoms. The Morgan fingerprint density at radius 3 is 2.64 bits per heavy atom. The maximum absolute atomic E-state index is 12.2. The van der Waals surface area contributed by atoms with E-state index in [1.165, 1.54) is 4.31 Å². The average Bonchev–Trinajstić information content (AvgIpc) is 2.61. The Hall–Kier alpha value is -2.34. The summed E-state index contributed by atoms with van der Waals surface area (Å²) in [4.78, 5) is 12.2. The Balaban J connectivity index is 1.76. The number of hydrogen-bond donors (Lipinski definition) is 1. The lowest BCUT2D eigenvalue weighted by Gasteiger charge is -2.30. The third-order valence-corrected chi connectivity index (χ3v) is 6.13. The van der Waals surface area contributed by atoms with Gasteiger partial charge in [0.1, 0.15) is 0 Å². The number of nitrogens with zero attached hydrogens (tertiary/aromatic N) is 1. The molecule has 0 spiro atoms. The predicted molar refractivity (Wildman–Crippen MR) is 100 cm³/mol. The van der Waals surface area contributed by atoms with Crippen LogP contribution >= 0.6 is 0 Å². The number of sulfonamides is 1. The van der Waals surface area contributed by atoms with E-state index in [1.54, 1.807) is 19.1 Å². The van der Waals surface area contributed by atoms with E-state index in [0.717, 1.165) is 29.7 Å². The lowest BCUT2D eigenvalue weighted by Crippen LogP contribution is -2.36. The quantitative estimate of drug-likeness (QED) is 0.893. The number of benzene rings is 2. The normalized spacial score (nSPS) is 14.0. The summed E-state index contributed by atoms with van der Waals surface area (Å²) in [5.41, 5.74) is 3.35. The van der Waals surface area contributed by atoms with Gasteiger partial charge in [-0.3, -0.25) is 9.10 Å². The van der Waals surface area contributed by atoms with Crippen molar-refractivity contribution in [2.24, 2.45) is 0 Å². The van der Waals surface area contributed by atoms with E-state index in [9.17, 15) is 13.2 Å². The standard InChI is InChI=1S/C19H22N2O3S/c1-2-25(23,24)21-12-6-9-16-14-17(10-11-18(16)21)20-19(22)13-15-7-4-3-5-8-15/h3-5,7-8,10-11,14H,2,6,9,12-13H2,1H3,(H,20,22). The molecule has 6 heteroatoms. The molecule has 132 valence electrons. The van der Waals surface area contributed by atoms with Crippen molar-refractivity contribution in [1.29, 1.82) is 0 Å². The van der Waals surface area contributed by atoms with Crippen molar-refractivity contribution in [3.05, 3.63) is 59.7 Å². The molecule has 3 rings (SSSR count). The highest BCUT2D eigenvalue weighted by Crippen LogP contribution is 2.31. The molecule has 0 radical (unpaired) electrons. The summed E-state index contributed by atoms with van der Waals surface area (Å²) in [7, 11) is -3.27. The van der Waals surface area contributed by atoms with Crippen LogP contribution in [0.4, 0.5) is 11.4 Å². The lowest BCUT2D eigenvalue weighted by atomic mass is 10.0. The summed E-state index contributed by atoms with van der Waals surface area (Å²) in [5, 5.41) is 2.90. The first kappa shape index (κ1) is 17.5. The molecule has 0 atom stereocenters. The van der Waals surface area contributed by atoms with Gasteiger partial charge >= 0.3 is 0 Å². The molecule has 1 aliphatic rings. The van der Waals surface area contributed by atoms with Gasteiger partial charge in [0.05, 0.1) is 17.9 Å². The Kier molecular flexibility index (Phi) is 5.08. The number of aryl methyl sites for hydroxylation is 1. The van der Waals surface area contributed by atoms with Crippen molar-refractivity contribution in [1.82, 2.24) is 0 Å². The summed E-state index contributed by atoms with van der Waals surface area (Å²) in [5.74, 6) is 0.00198. The van der Waals surface area contributed by atoms with Crippen LogP contribution in [0.3, 0.4) is 0 Å². The number of amides is 1. The molecule has 0 aliphatic carbocycles. The molecule has 1 N–H and O–H groups in total. The largest absolute Gasteiger partial charge is 0.326 e. The Bertz CT molecular complexity index is 863. The monoisotopic (exact) mass is 358 g/mol. The highest BCUT2D eigenvalue weighted by Gasteiger charge is 2.26. The summed E-state index contributed by atoms with van der Waals surface area (Å²) in [6.45, 7) is 2.17. The van der Waals surface area contributed by atoms with Gasteiger partial charge in [0.2, 0.25) is 15.9 Å². The van der Waals surface area contributed by atoms with Crippen LogP contribution in [0.25, 0.3) is 0 Å². The minimum Gasteiger partial charge on any atom is -0.326 e. The smallest absolute Gasteiger partial charge is 0.234 e. The van der Waals surface area contributed by atoms with Gasteiger partial charge in [-0.2, -0.15) is 0 Å². The molecule has 2 aromatic carbocycles. The Labute approximate surface area is 148 Å². The number of nitrogens with one attached hydrogen (secondary N) is 1. The van der Waals surface area contributed by atoms with Crippen LogP contribution in [0.2, 0.25) is 0 Å². The van der Waals surface area contributed by atoms with E-state index in [1.807, 2.05) is 36.4 Å². The first-order valence-corrected chi connectivity index (χ1v) is 10.1. The first-order valence-electron chi connectivity index (χ1n) is 8.47. The zero-order valence-corrected chi connectivity index (χ0v) is 15.1. The van der Waals surface area contributed by atoms with Crippen molar-refractivity contribution >= 4 is 27.3 Å². The number of carbonyl (C=O) groups is 1. The summed E-state index contributed by atoms with van der Waals surface area (Å²) in [6.07, 6.45) is 1.91. The number of rotatable bonds is 5. The van der Waals surface area contributed by atoms with Crippen molar-refractivity contribution in [2.45, 2.75) is 26.2 Å². The van der Waals surface area contributed by atoms with E-state index in [4.69, 9.17) is 0 Å². The highest BCUT2D eigenvalue weighted by molar-refractivity contribution is 7.92. The fraction of sp³-hybridized carbons (Fsp3) is 0.316. The molecule has 0 aromatic heterocycles. The van der Waals surface area contributed by atoms with Crippen molar-refractivity contribution in [2.75, 3.05) is 21.9 Å². The maximum Gasteiger partial charge on any atom is 0.234 e.